The van der Waals surface area contributed by atoms with Crippen molar-refractivity contribution in [1.29, 1.82) is 0 Å². The van der Waals surface area contributed by atoms with E-state index in [2.05, 4.69) is 332 Å². The molecule has 0 saturated carbocycles. The van der Waals surface area contributed by atoms with Gasteiger partial charge < -0.3 is 24.0 Å². The molecule has 0 unspecified atom stereocenters. The number of furan rings is 1. The molecule has 2 aliphatic heterocycles. The topological polar surface area (TPSA) is 26.1 Å². The number of rotatable bonds is 11. The minimum Gasteiger partial charge on any atom is -0.456 e. The summed E-state index contributed by atoms with van der Waals surface area (Å²) in [5.41, 5.74) is 24.1. The van der Waals surface area contributed by atoms with Crippen molar-refractivity contribution < 1.29 is 4.42 Å². The fourth-order valence-electron chi connectivity index (χ4n) is 12.7. The van der Waals surface area contributed by atoms with E-state index < -0.39 is 0 Å². The molecule has 2 aliphatic rings. The fourth-order valence-corrected chi connectivity index (χ4v) is 12.7. The van der Waals surface area contributed by atoms with E-state index >= 15 is 0 Å². The summed E-state index contributed by atoms with van der Waals surface area (Å²) in [7, 11) is 0. The van der Waals surface area contributed by atoms with Crippen LogP contribution < -0.4 is 36.0 Å². The van der Waals surface area contributed by atoms with Gasteiger partial charge in [0.25, 0.3) is 6.71 Å². The van der Waals surface area contributed by atoms with Gasteiger partial charge in [0, 0.05) is 73.5 Å². The summed E-state index contributed by atoms with van der Waals surface area (Å²) in [5.74, 6) is 0.818. The Morgan fingerprint density at radius 3 is 1.35 bits per heavy atom. The molecular weight excluding hydrogens is 1020 g/mol. The molecule has 3 heterocycles. The number of hydrogen-bond acceptors (Lipinski definition) is 5. The van der Waals surface area contributed by atoms with Gasteiger partial charge >= 0.3 is 0 Å². The monoisotopic (exact) mass is 1080 g/mol. The maximum absolute atomic E-state index is 6.68. The highest BCUT2D eigenvalue weighted by Crippen LogP contribution is 2.51. The minimum absolute atomic E-state index is 0.136. The third-order valence-electron chi connectivity index (χ3n) is 16.7. The summed E-state index contributed by atoms with van der Waals surface area (Å²) in [6.07, 6.45) is 0. The van der Waals surface area contributed by atoms with Crippen molar-refractivity contribution in [2.75, 3.05) is 19.6 Å². The van der Waals surface area contributed by atoms with Crippen LogP contribution in [-0.4, -0.2) is 6.71 Å². The third-order valence-corrected chi connectivity index (χ3v) is 16.7. The van der Waals surface area contributed by atoms with Gasteiger partial charge in [-0.3, -0.25) is 0 Å². The first kappa shape index (κ1) is 50.4. The molecule has 12 aromatic carbocycles. The average Bonchev–Trinajstić information content (AvgIpc) is 3.18. The molecule has 0 saturated heterocycles. The van der Waals surface area contributed by atoms with Crippen molar-refractivity contribution in [3.63, 3.8) is 0 Å². The van der Waals surface area contributed by atoms with Crippen LogP contribution in [0.3, 0.4) is 0 Å². The molecule has 0 fully saturated rings. The Labute approximate surface area is 492 Å². The highest BCUT2D eigenvalue weighted by Gasteiger charge is 2.45. The van der Waals surface area contributed by atoms with Gasteiger partial charge in [0.2, 0.25) is 0 Å². The normalized spacial score (nSPS) is 12.4. The van der Waals surface area contributed by atoms with Crippen LogP contribution in [-0.2, 0) is 5.41 Å². The van der Waals surface area contributed by atoms with Gasteiger partial charge in [-0.2, -0.15) is 0 Å². The maximum Gasteiger partial charge on any atom is 0.252 e. The van der Waals surface area contributed by atoms with E-state index in [1.807, 2.05) is 12.1 Å². The number of benzene rings is 12. The minimum atomic E-state index is -0.175. The summed E-state index contributed by atoms with van der Waals surface area (Å²) in [5, 5.41) is 1.07. The number of fused-ring (bicyclic) bond motifs is 5. The van der Waals surface area contributed by atoms with Crippen molar-refractivity contribution in [3.8, 4) is 33.6 Å². The van der Waals surface area contributed by atoms with E-state index in [9.17, 15) is 0 Å². The second-order valence-electron chi connectivity index (χ2n) is 23.0. The molecule has 400 valence electrons. The van der Waals surface area contributed by atoms with Crippen LogP contribution in [0.2, 0.25) is 0 Å². The van der Waals surface area contributed by atoms with Gasteiger partial charge in [0.15, 0.2) is 0 Å². The molecule has 0 N–H and O–H groups in total. The van der Waals surface area contributed by atoms with E-state index in [0.29, 0.717) is 0 Å². The quantitative estimate of drug-likeness (QED) is 0.120. The molecule has 5 nitrogen and oxygen atoms in total. The standard InChI is InChI=1S/C78H59BN4O/c1-78(2,3)60-41-44-71-70(50-60)79-69-43-42-66(80(61-31-14-6-15-32-61)62-33-16-7-17-34-62)51-72(69)82(65-39-24-30-56(46-65)76-49-57-29-22-23-40-75(57)84-76)73-52-68(81(63-35-18-8-19-36-63)64-37-20-9-21-38-64)53-74(77(73)79)83(71)67-47-58(54-25-10-4-11-26-54)45-59(48-67)55-27-12-5-13-28-55/h4-53H,1-3H3. The van der Waals surface area contributed by atoms with Crippen LogP contribution in [0.5, 0.6) is 0 Å². The molecule has 0 radical (unpaired) electrons. The largest absolute Gasteiger partial charge is 0.456 e. The first-order valence-corrected chi connectivity index (χ1v) is 29.0. The SMILES string of the molecule is CC(C)(C)c1ccc2c(c1)B1c3ccc(N(c4ccccc4)c4ccccc4)cc3N(c3cccc(-c4cc5ccccc5o4)c3)c3cc(N(c4ccccc4)c4ccccc4)cc(c31)N2c1cc(-c2ccccc2)cc(-c2ccccc2)c1. The van der Waals surface area contributed by atoms with E-state index in [1.165, 1.54) is 22.0 Å². The van der Waals surface area contributed by atoms with Gasteiger partial charge in [-0.15, -0.1) is 0 Å². The molecule has 13 aromatic rings. The van der Waals surface area contributed by atoms with E-state index in [1.54, 1.807) is 0 Å². The molecule has 15 rings (SSSR count). The van der Waals surface area contributed by atoms with Crippen molar-refractivity contribution >= 4 is 102 Å². The molecule has 0 atom stereocenters. The molecule has 0 aliphatic carbocycles. The summed E-state index contributed by atoms with van der Waals surface area (Å²) >= 11 is 0. The molecule has 1 aromatic heterocycles. The summed E-state index contributed by atoms with van der Waals surface area (Å²) in [4.78, 5) is 9.91. The lowest BCUT2D eigenvalue weighted by atomic mass is 9.33. The Morgan fingerprint density at radius 1 is 0.321 bits per heavy atom. The van der Waals surface area contributed by atoms with Crippen molar-refractivity contribution in [3.05, 3.63) is 309 Å². The molecule has 0 spiro atoms. The smallest absolute Gasteiger partial charge is 0.252 e. The van der Waals surface area contributed by atoms with Gasteiger partial charge in [0.1, 0.15) is 11.3 Å². The number of hydrogen-bond donors (Lipinski definition) is 0. The Morgan fingerprint density at radius 2 is 0.798 bits per heavy atom. The van der Waals surface area contributed by atoms with Crippen molar-refractivity contribution in [2.24, 2.45) is 0 Å². The lowest BCUT2D eigenvalue weighted by Crippen LogP contribution is -2.61. The van der Waals surface area contributed by atoms with Crippen LogP contribution in [0.15, 0.2) is 308 Å². The molecule has 0 amide bonds. The molecule has 6 heteroatoms. The number of anilines is 12. The number of para-hydroxylation sites is 5. The average molecular weight is 1080 g/mol. The molecule has 84 heavy (non-hydrogen) atoms. The lowest BCUT2D eigenvalue weighted by molar-refractivity contribution is 0.591. The summed E-state index contributed by atoms with van der Waals surface area (Å²) < 4.78 is 6.68. The van der Waals surface area contributed by atoms with Gasteiger partial charge in [0.05, 0.1) is 5.69 Å². The maximum atomic E-state index is 6.68. The van der Waals surface area contributed by atoms with Crippen LogP contribution >= 0.6 is 0 Å². The highest BCUT2D eigenvalue weighted by atomic mass is 16.3. The van der Waals surface area contributed by atoms with Gasteiger partial charge in [-0.1, -0.05) is 203 Å². The first-order chi connectivity index (χ1) is 41.3. The highest BCUT2D eigenvalue weighted by molar-refractivity contribution is 7.00. The Balaban J connectivity index is 1.07. The second kappa shape index (κ2) is 20.8. The van der Waals surface area contributed by atoms with E-state index in [4.69, 9.17) is 4.42 Å². The van der Waals surface area contributed by atoms with Crippen LogP contribution in [0, 0.1) is 0 Å². The Hall–Kier alpha value is -10.6. The van der Waals surface area contributed by atoms with Crippen LogP contribution in [0.4, 0.5) is 68.2 Å². The predicted molar refractivity (Wildman–Crippen MR) is 355 cm³/mol. The Bertz CT molecular complexity index is 4370. The zero-order valence-corrected chi connectivity index (χ0v) is 47.1. The van der Waals surface area contributed by atoms with Gasteiger partial charge in [-0.05, 0) is 171 Å². The summed E-state index contributed by atoms with van der Waals surface area (Å²) in [6.45, 7) is 6.82. The van der Waals surface area contributed by atoms with Crippen molar-refractivity contribution in [1.82, 2.24) is 0 Å². The van der Waals surface area contributed by atoms with Crippen molar-refractivity contribution in [2.45, 2.75) is 26.2 Å². The van der Waals surface area contributed by atoms with E-state index in [-0.39, 0.29) is 12.1 Å². The summed E-state index contributed by atoms with van der Waals surface area (Å²) in [6, 6.07) is 111. The van der Waals surface area contributed by atoms with Crippen LogP contribution in [0.1, 0.15) is 26.3 Å². The van der Waals surface area contributed by atoms with Gasteiger partial charge in [-0.25, -0.2) is 0 Å². The Kier molecular flexibility index (Phi) is 12.5. The zero-order chi connectivity index (χ0) is 56.3. The predicted octanol–water partition coefficient (Wildman–Crippen LogP) is 19.8. The first-order valence-electron chi connectivity index (χ1n) is 29.0. The molecule has 0 bridgehead atoms. The van der Waals surface area contributed by atoms with Crippen LogP contribution in [0.25, 0.3) is 44.5 Å². The van der Waals surface area contributed by atoms with E-state index in [0.717, 1.165) is 113 Å². The third kappa shape index (κ3) is 9.00. The molecular formula is C78H59BN4O. The number of nitrogens with zero attached hydrogens (tertiary/aromatic N) is 4. The fraction of sp³-hybridized carbons (Fsp3) is 0.0513. The zero-order valence-electron chi connectivity index (χ0n) is 47.1. The lowest BCUT2D eigenvalue weighted by Gasteiger charge is -2.45. The second-order valence-corrected chi connectivity index (χ2v) is 23.0.